The van der Waals surface area contributed by atoms with Crippen LogP contribution in [0.5, 0.6) is 0 Å². The van der Waals surface area contributed by atoms with Crippen molar-refractivity contribution in [2.45, 2.75) is 32.4 Å². The van der Waals surface area contributed by atoms with E-state index in [2.05, 4.69) is 10.3 Å². The first kappa shape index (κ1) is 14.9. The summed E-state index contributed by atoms with van der Waals surface area (Å²) >= 11 is 0. The van der Waals surface area contributed by atoms with Crippen LogP contribution in [0.15, 0.2) is 24.5 Å². The van der Waals surface area contributed by atoms with Gasteiger partial charge in [0.15, 0.2) is 0 Å². The first-order chi connectivity index (χ1) is 8.31. The molecule has 100 valence electrons. The molecule has 1 amide bonds. The molecule has 1 fully saturated rings. The quantitative estimate of drug-likeness (QED) is 0.903. The van der Waals surface area contributed by atoms with E-state index in [9.17, 15) is 4.79 Å². The fourth-order valence-electron chi connectivity index (χ4n) is 2.17. The highest BCUT2D eigenvalue weighted by atomic mass is 35.5. The van der Waals surface area contributed by atoms with E-state index in [0.717, 1.165) is 31.5 Å². The van der Waals surface area contributed by atoms with E-state index in [1.54, 1.807) is 12.4 Å². The summed E-state index contributed by atoms with van der Waals surface area (Å²) in [4.78, 5) is 18.1. The maximum absolute atomic E-state index is 12.2. The molecule has 1 aromatic rings. The molecule has 0 saturated carbocycles. The molecule has 4 nitrogen and oxygen atoms in total. The third-order valence-corrected chi connectivity index (χ3v) is 3.17. The summed E-state index contributed by atoms with van der Waals surface area (Å²) in [6, 6.07) is 3.94. The van der Waals surface area contributed by atoms with Gasteiger partial charge in [0, 0.05) is 25.5 Å². The number of rotatable bonds is 4. The van der Waals surface area contributed by atoms with Crippen LogP contribution in [-0.2, 0) is 11.3 Å². The molecule has 5 heteroatoms. The van der Waals surface area contributed by atoms with Crippen LogP contribution >= 0.6 is 12.4 Å². The van der Waals surface area contributed by atoms with Crippen molar-refractivity contribution in [3.8, 4) is 0 Å². The molecule has 2 rings (SSSR count). The van der Waals surface area contributed by atoms with Crippen LogP contribution in [0.4, 0.5) is 0 Å². The van der Waals surface area contributed by atoms with E-state index < -0.39 is 0 Å². The van der Waals surface area contributed by atoms with Gasteiger partial charge in [-0.15, -0.1) is 12.4 Å². The summed E-state index contributed by atoms with van der Waals surface area (Å²) < 4.78 is 0. The monoisotopic (exact) mass is 269 g/mol. The molecule has 0 spiro atoms. The molecule has 1 saturated heterocycles. The molecule has 0 aliphatic carbocycles. The predicted molar refractivity (Wildman–Crippen MR) is 73.6 cm³/mol. The minimum Gasteiger partial charge on any atom is -0.337 e. The molecular formula is C13H20ClN3O. The van der Waals surface area contributed by atoms with Crippen molar-refractivity contribution in [2.75, 3.05) is 13.1 Å². The van der Waals surface area contributed by atoms with Crippen molar-refractivity contribution in [1.82, 2.24) is 15.2 Å². The minimum absolute atomic E-state index is 0. The molecule has 1 aliphatic heterocycles. The molecule has 1 aliphatic rings. The molecular weight excluding hydrogens is 250 g/mol. The van der Waals surface area contributed by atoms with E-state index in [1.165, 1.54) is 0 Å². The first-order valence-corrected chi connectivity index (χ1v) is 6.22. The van der Waals surface area contributed by atoms with E-state index in [4.69, 9.17) is 0 Å². The van der Waals surface area contributed by atoms with Crippen LogP contribution < -0.4 is 5.32 Å². The zero-order valence-corrected chi connectivity index (χ0v) is 11.4. The summed E-state index contributed by atoms with van der Waals surface area (Å²) in [7, 11) is 0. The number of nitrogens with zero attached hydrogens (tertiary/aromatic N) is 2. The average Bonchev–Trinajstić information content (AvgIpc) is 2.90. The van der Waals surface area contributed by atoms with E-state index in [1.807, 2.05) is 24.0 Å². The van der Waals surface area contributed by atoms with Crippen molar-refractivity contribution in [3.05, 3.63) is 30.1 Å². The lowest BCUT2D eigenvalue weighted by molar-refractivity contribution is -0.133. The highest BCUT2D eigenvalue weighted by Gasteiger charge is 2.25. The average molecular weight is 270 g/mol. The fraction of sp³-hybridized carbons (Fsp3) is 0.538. The van der Waals surface area contributed by atoms with Crippen LogP contribution in [-0.4, -0.2) is 34.9 Å². The smallest absolute Gasteiger partial charge is 0.239 e. The zero-order valence-electron chi connectivity index (χ0n) is 10.6. The number of hydrogen-bond donors (Lipinski definition) is 1. The van der Waals surface area contributed by atoms with Crippen molar-refractivity contribution in [3.63, 3.8) is 0 Å². The fourth-order valence-corrected chi connectivity index (χ4v) is 2.17. The summed E-state index contributed by atoms with van der Waals surface area (Å²) in [5.41, 5.74) is 1.13. The Labute approximate surface area is 114 Å². The number of aromatic nitrogens is 1. The topological polar surface area (TPSA) is 45.2 Å². The Bertz CT molecular complexity index is 366. The van der Waals surface area contributed by atoms with Crippen LogP contribution in [0.1, 0.15) is 25.3 Å². The molecule has 1 aromatic heterocycles. The summed E-state index contributed by atoms with van der Waals surface area (Å²) in [6.07, 6.45) is 5.60. The first-order valence-electron chi connectivity index (χ1n) is 6.22. The molecule has 2 heterocycles. The van der Waals surface area contributed by atoms with Gasteiger partial charge < -0.3 is 10.2 Å². The number of pyridine rings is 1. The SMILES string of the molecule is CCN(Cc1ccncc1)C(=O)C1CCCN1.Cl. The number of hydrogen-bond acceptors (Lipinski definition) is 3. The van der Waals surface area contributed by atoms with E-state index in [0.29, 0.717) is 6.54 Å². The number of carbonyl (C=O) groups is 1. The van der Waals surface area contributed by atoms with E-state index in [-0.39, 0.29) is 24.4 Å². The molecule has 0 bridgehead atoms. The van der Waals surface area contributed by atoms with Gasteiger partial charge in [-0.25, -0.2) is 0 Å². The Hall–Kier alpha value is -1.13. The van der Waals surface area contributed by atoms with Gasteiger partial charge in [0.1, 0.15) is 0 Å². The number of halogens is 1. The van der Waals surface area contributed by atoms with Crippen molar-refractivity contribution in [1.29, 1.82) is 0 Å². The third-order valence-electron chi connectivity index (χ3n) is 3.17. The van der Waals surface area contributed by atoms with Gasteiger partial charge in [-0.1, -0.05) is 0 Å². The van der Waals surface area contributed by atoms with Crippen LogP contribution in [0.3, 0.4) is 0 Å². The minimum atomic E-state index is 0. The second-order valence-corrected chi connectivity index (χ2v) is 4.36. The molecule has 1 unspecified atom stereocenters. The molecule has 0 aromatic carbocycles. The largest absolute Gasteiger partial charge is 0.337 e. The number of amides is 1. The molecule has 0 radical (unpaired) electrons. The van der Waals surface area contributed by atoms with Gasteiger partial charge >= 0.3 is 0 Å². The zero-order chi connectivity index (χ0) is 12.1. The molecule has 1 N–H and O–H groups in total. The molecule has 1 atom stereocenters. The Morgan fingerprint density at radius 2 is 2.22 bits per heavy atom. The highest BCUT2D eigenvalue weighted by molar-refractivity contribution is 5.85. The summed E-state index contributed by atoms with van der Waals surface area (Å²) in [5, 5.41) is 3.25. The van der Waals surface area contributed by atoms with Gasteiger partial charge in [-0.2, -0.15) is 0 Å². The summed E-state index contributed by atoms with van der Waals surface area (Å²) in [6.45, 7) is 4.41. The van der Waals surface area contributed by atoms with Crippen molar-refractivity contribution < 1.29 is 4.79 Å². The van der Waals surface area contributed by atoms with Gasteiger partial charge in [0.05, 0.1) is 6.04 Å². The van der Waals surface area contributed by atoms with Crippen LogP contribution in [0.2, 0.25) is 0 Å². The third kappa shape index (κ3) is 3.68. The normalized spacial score (nSPS) is 18.2. The summed E-state index contributed by atoms with van der Waals surface area (Å²) in [5.74, 6) is 0.224. The Morgan fingerprint density at radius 3 is 2.78 bits per heavy atom. The molecule has 18 heavy (non-hydrogen) atoms. The standard InChI is InChI=1S/C13H19N3O.ClH/c1-2-16(10-11-5-8-14-9-6-11)13(17)12-4-3-7-15-12;/h5-6,8-9,12,15H,2-4,7,10H2,1H3;1H. The maximum atomic E-state index is 12.2. The van der Waals surface area contributed by atoms with Gasteiger partial charge in [-0.05, 0) is 44.0 Å². The van der Waals surface area contributed by atoms with Crippen LogP contribution in [0.25, 0.3) is 0 Å². The highest BCUT2D eigenvalue weighted by Crippen LogP contribution is 2.11. The van der Waals surface area contributed by atoms with Crippen molar-refractivity contribution in [2.24, 2.45) is 0 Å². The van der Waals surface area contributed by atoms with Gasteiger partial charge in [-0.3, -0.25) is 9.78 Å². The Morgan fingerprint density at radius 1 is 1.50 bits per heavy atom. The van der Waals surface area contributed by atoms with Crippen LogP contribution in [0, 0.1) is 0 Å². The van der Waals surface area contributed by atoms with Crippen molar-refractivity contribution >= 4 is 18.3 Å². The lowest BCUT2D eigenvalue weighted by atomic mass is 10.2. The number of carbonyl (C=O) groups excluding carboxylic acids is 1. The predicted octanol–water partition coefficient (Wildman–Crippen LogP) is 1.60. The second-order valence-electron chi connectivity index (χ2n) is 4.36. The second kappa shape index (κ2) is 7.34. The lowest BCUT2D eigenvalue weighted by Crippen LogP contribution is -2.43. The lowest BCUT2D eigenvalue weighted by Gasteiger charge is -2.24. The maximum Gasteiger partial charge on any atom is 0.239 e. The number of nitrogens with one attached hydrogen (secondary N) is 1. The Kier molecular flexibility index (Phi) is 6.09. The number of likely N-dealkylation sites (N-methyl/N-ethyl adjacent to an activating group) is 1. The van der Waals surface area contributed by atoms with Gasteiger partial charge in [0.25, 0.3) is 0 Å². The van der Waals surface area contributed by atoms with Gasteiger partial charge in [0.2, 0.25) is 5.91 Å². The van der Waals surface area contributed by atoms with E-state index >= 15 is 0 Å². The Balaban J connectivity index is 0.00000162.